The Hall–Kier alpha value is -0.340. The molecular weight excluding hydrogens is 172 g/mol. The third-order valence-electron chi connectivity index (χ3n) is 3.41. The molecule has 1 rings (SSSR count). The van der Waals surface area contributed by atoms with Crippen LogP contribution in [0.25, 0.3) is 0 Å². The molecule has 0 bridgehead atoms. The predicted octanol–water partition coefficient (Wildman–Crippen LogP) is 2.02. The zero-order chi connectivity index (χ0) is 10.8. The van der Waals surface area contributed by atoms with E-state index >= 15 is 0 Å². The van der Waals surface area contributed by atoms with Crippen molar-refractivity contribution in [1.29, 1.82) is 0 Å². The molecule has 1 saturated heterocycles. The van der Waals surface area contributed by atoms with E-state index in [1.807, 2.05) is 6.08 Å². The molecule has 0 aromatic heterocycles. The quantitative estimate of drug-likeness (QED) is 0.695. The van der Waals surface area contributed by atoms with E-state index in [0.29, 0.717) is 5.54 Å². The summed E-state index contributed by atoms with van der Waals surface area (Å²) in [5.41, 5.74) is 0.529. The summed E-state index contributed by atoms with van der Waals surface area (Å²) in [5, 5.41) is 3.61. The monoisotopic (exact) mass is 196 g/mol. The van der Waals surface area contributed by atoms with Crippen LogP contribution in [0.15, 0.2) is 12.7 Å². The minimum absolute atomic E-state index is 0.234. The van der Waals surface area contributed by atoms with Crippen molar-refractivity contribution in [3.63, 3.8) is 0 Å². The molecular formula is C12H24N2. The maximum Gasteiger partial charge on any atom is 0.0307 e. The molecule has 1 heterocycles. The summed E-state index contributed by atoms with van der Waals surface area (Å²) < 4.78 is 0. The lowest BCUT2D eigenvalue weighted by molar-refractivity contribution is 0.0346. The first-order chi connectivity index (χ1) is 6.43. The van der Waals surface area contributed by atoms with E-state index in [0.717, 1.165) is 19.6 Å². The van der Waals surface area contributed by atoms with E-state index in [9.17, 15) is 0 Å². The van der Waals surface area contributed by atoms with Crippen LogP contribution in [-0.4, -0.2) is 35.6 Å². The predicted molar refractivity (Wildman–Crippen MR) is 62.5 cm³/mol. The van der Waals surface area contributed by atoms with Crippen LogP contribution in [0.1, 0.15) is 34.1 Å². The molecule has 1 fully saturated rings. The summed E-state index contributed by atoms with van der Waals surface area (Å²) >= 11 is 0. The summed E-state index contributed by atoms with van der Waals surface area (Å²) in [6.07, 6.45) is 3.19. The van der Waals surface area contributed by atoms with Gasteiger partial charge in [0, 0.05) is 30.7 Å². The molecule has 1 aliphatic heterocycles. The van der Waals surface area contributed by atoms with Gasteiger partial charge < -0.3 is 5.32 Å². The maximum absolute atomic E-state index is 3.84. The number of nitrogens with one attached hydrogen (secondary N) is 1. The molecule has 1 unspecified atom stereocenters. The lowest BCUT2D eigenvalue weighted by Crippen LogP contribution is -2.66. The molecule has 0 amide bonds. The lowest BCUT2D eigenvalue weighted by atomic mass is 9.88. The molecule has 2 heteroatoms. The van der Waals surface area contributed by atoms with Gasteiger partial charge in [0.1, 0.15) is 0 Å². The van der Waals surface area contributed by atoms with Gasteiger partial charge in [0.25, 0.3) is 0 Å². The highest BCUT2D eigenvalue weighted by Crippen LogP contribution is 2.26. The average molecular weight is 196 g/mol. The van der Waals surface area contributed by atoms with Crippen molar-refractivity contribution in [3.8, 4) is 0 Å². The average Bonchev–Trinajstić information content (AvgIpc) is 2.12. The first kappa shape index (κ1) is 11.7. The van der Waals surface area contributed by atoms with Gasteiger partial charge in [-0.3, -0.25) is 4.90 Å². The second kappa shape index (κ2) is 4.03. The van der Waals surface area contributed by atoms with Crippen molar-refractivity contribution in [1.82, 2.24) is 10.2 Å². The Kier molecular flexibility index (Phi) is 3.38. The number of piperazine rings is 1. The van der Waals surface area contributed by atoms with Crippen molar-refractivity contribution in [2.24, 2.45) is 0 Å². The number of rotatable bonds is 3. The smallest absolute Gasteiger partial charge is 0.0307 e. The van der Waals surface area contributed by atoms with Crippen LogP contribution in [-0.2, 0) is 0 Å². The minimum atomic E-state index is 0.234. The summed E-state index contributed by atoms with van der Waals surface area (Å²) in [7, 11) is 0. The highest BCUT2D eigenvalue weighted by molar-refractivity contribution is 5.00. The fourth-order valence-corrected chi connectivity index (χ4v) is 2.05. The largest absolute Gasteiger partial charge is 0.309 e. The Morgan fingerprint density at radius 2 is 2.07 bits per heavy atom. The fraction of sp³-hybridized carbons (Fsp3) is 0.833. The van der Waals surface area contributed by atoms with Crippen LogP contribution >= 0.6 is 0 Å². The molecule has 0 aromatic rings. The van der Waals surface area contributed by atoms with Crippen LogP contribution in [0, 0.1) is 0 Å². The van der Waals surface area contributed by atoms with E-state index in [4.69, 9.17) is 0 Å². The van der Waals surface area contributed by atoms with Gasteiger partial charge in [0.05, 0.1) is 0 Å². The highest BCUT2D eigenvalue weighted by atomic mass is 15.3. The van der Waals surface area contributed by atoms with E-state index < -0.39 is 0 Å². The van der Waals surface area contributed by atoms with Gasteiger partial charge in [-0.15, -0.1) is 6.58 Å². The SMILES string of the molecule is C=CCN1CC(C)(C)NCC1(C)CC. The standard InChI is InChI=1S/C12H24N2/c1-6-8-14-10-11(3,4)13-9-12(14,5)7-2/h6,13H,1,7-10H2,2-5H3. The van der Waals surface area contributed by atoms with Crippen molar-refractivity contribution < 1.29 is 0 Å². The van der Waals surface area contributed by atoms with Gasteiger partial charge >= 0.3 is 0 Å². The molecule has 1 atom stereocenters. The first-order valence-electron chi connectivity index (χ1n) is 5.54. The van der Waals surface area contributed by atoms with Gasteiger partial charge in [-0.1, -0.05) is 13.0 Å². The summed E-state index contributed by atoms with van der Waals surface area (Å²) in [6, 6.07) is 0. The molecule has 82 valence electrons. The van der Waals surface area contributed by atoms with Crippen molar-refractivity contribution in [3.05, 3.63) is 12.7 Å². The Balaban J connectivity index is 2.75. The second-order valence-electron chi connectivity index (χ2n) is 5.26. The minimum Gasteiger partial charge on any atom is -0.309 e. The Morgan fingerprint density at radius 3 is 2.57 bits per heavy atom. The number of hydrogen-bond donors (Lipinski definition) is 1. The normalized spacial score (nSPS) is 32.9. The first-order valence-corrected chi connectivity index (χ1v) is 5.54. The van der Waals surface area contributed by atoms with Crippen molar-refractivity contribution >= 4 is 0 Å². The Labute approximate surface area is 88.4 Å². The molecule has 0 radical (unpaired) electrons. The van der Waals surface area contributed by atoms with Crippen LogP contribution in [0.2, 0.25) is 0 Å². The Morgan fingerprint density at radius 1 is 1.43 bits per heavy atom. The maximum atomic E-state index is 3.84. The van der Waals surface area contributed by atoms with Gasteiger partial charge in [0.2, 0.25) is 0 Å². The fourth-order valence-electron chi connectivity index (χ4n) is 2.05. The van der Waals surface area contributed by atoms with E-state index in [1.54, 1.807) is 0 Å². The second-order valence-corrected chi connectivity index (χ2v) is 5.26. The van der Waals surface area contributed by atoms with E-state index in [1.165, 1.54) is 6.42 Å². The summed E-state index contributed by atoms with van der Waals surface area (Å²) in [6.45, 7) is 16.1. The van der Waals surface area contributed by atoms with Gasteiger partial charge in [-0.2, -0.15) is 0 Å². The molecule has 0 saturated carbocycles. The van der Waals surface area contributed by atoms with E-state index in [-0.39, 0.29) is 5.54 Å². The summed E-state index contributed by atoms with van der Waals surface area (Å²) in [5.74, 6) is 0. The third-order valence-corrected chi connectivity index (χ3v) is 3.41. The molecule has 0 aliphatic carbocycles. The van der Waals surface area contributed by atoms with E-state index in [2.05, 4.69) is 44.5 Å². The molecule has 1 N–H and O–H groups in total. The van der Waals surface area contributed by atoms with Crippen LogP contribution in [0.3, 0.4) is 0 Å². The van der Waals surface area contributed by atoms with Crippen LogP contribution in [0.5, 0.6) is 0 Å². The van der Waals surface area contributed by atoms with Gasteiger partial charge in [-0.25, -0.2) is 0 Å². The zero-order valence-electron chi connectivity index (χ0n) is 10.1. The van der Waals surface area contributed by atoms with Crippen molar-refractivity contribution in [2.75, 3.05) is 19.6 Å². The number of nitrogens with zero attached hydrogens (tertiary/aromatic N) is 1. The highest BCUT2D eigenvalue weighted by Gasteiger charge is 2.38. The summed E-state index contributed by atoms with van der Waals surface area (Å²) in [4.78, 5) is 2.54. The van der Waals surface area contributed by atoms with Crippen molar-refractivity contribution in [2.45, 2.75) is 45.2 Å². The van der Waals surface area contributed by atoms with Crippen LogP contribution < -0.4 is 5.32 Å². The molecule has 14 heavy (non-hydrogen) atoms. The Bertz CT molecular complexity index is 210. The van der Waals surface area contributed by atoms with Crippen LogP contribution in [0.4, 0.5) is 0 Å². The zero-order valence-corrected chi connectivity index (χ0v) is 10.1. The van der Waals surface area contributed by atoms with Gasteiger partial charge in [-0.05, 0) is 27.2 Å². The molecule has 2 nitrogen and oxygen atoms in total. The lowest BCUT2D eigenvalue weighted by Gasteiger charge is -2.50. The topological polar surface area (TPSA) is 15.3 Å². The molecule has 1 aliphatic rings. The molecule has 0 spiro atoms. The third kappa shape index (κ3) is 2.37. The van der Waals surface area contributed by atoms with Gasteiger partial charge in [0.15, 0.2) is 0 Å². The molecule has 0 aromatic carbocycles. The number of hydrogen-bond acceptors (Lipinski definition) is 2.